The number of nitrogens with zero attached hydrogens (tertiary/aromatic N) is 1. The molecule has 1 saturated heterocycles. The largest absolute Gasteiger partial charge is 0.298 e. The van der Waals surface area contributed by atoms with Gasteiger partial charge in [0.15, 0.2) is 0 Å². The molecule has 2 rings (SSSR count). The summed E-state index contributed by atoms with van der Waals surface area (Å²) >= 11 is 0. The molecule has 0 aromatic rings. The van der Waals surface area contributed by atoms with Crippen molar-refractivity contribution < 1.29 is 22.4 Å². The maximum Gasteiger partial charge on any atom is 0.247 e. The average molecular weight is 253 g/mol. The molecule has 2 fully saturated rings. The summed E-state index contributed by atoms with van der Waals surface area (Å²) in [4.78, 5) is 13.2. The Morgan fingerprint density at radius 1 is 1.24 bits per heavy atom. The van der Waals surface area contributed by atoms with Gasteiger partial charge < -0.3 is 0 Å². The Balaban J connectivity index is 2.11. The van der Waals surface area contributed by atoms with Crippen LogP contribution in [-0.2, 0) is 4.79 Å². The number of hydrogen-bond donors (Lipinski definition) is 0. The SMILES string of the molecule is CC(=O)[C@@H]1[C@H]2C(C(C(F)F)C(F)F)[C@H]2CN1C. The van der Waals surface area contributed by atoms with Gasteiger partial charge in [0.25, 0.3) is 0 Å². The summed E-state index contributed by atoms with van der Waals surface area (Å²) in [5.74, 6) is -3.15. The molecule has 0 amide bonds. The molecule has 1 aliphatic carbocycles. The van der Waals surface area contributed by atoms with Gasteiger partial charge in [-0.2, -0.15) is 0 Å². The molecule has 17 heavy (non-hydrogen) atoms. The average Bonchev–Trinajstić information content (AvgIpc) is 2.71. The number of likely N-dealkylation sites (tertiary alicyclic amines) is 1. The van der Waals surface area contributed by atoms with Crippen LogP contribution >= 0.6 is 0 Å². The van der Waals surface area contributed by atoms with E-state index < -0.39 is 30.7 Å². The van der Waals surface area contributed by atoms with Crippen LogP contribution in [0.5, 0.6) is 0 Å². The first-order valence-corrected chi connectivity index (χ1v) is 5.63. The van der Waals surface area contributed by atoms with E-state index in [1.54, 1.807) is 11.9 Å². The van der Waals surface area contributed by atoms with Crippen molar-refractivity contribution in [1.82, 2.24) is 4.90 Å². The van der Waals surface area contributed by atoms with Crippen LogP contribution in [0.15, 0.2) is 0 Å². The normalized spacial score (nSPS) is 37.0. The fraction of sp³-hybridized carbons (Fsp3) is 0.909. The Morgan fingerprint density at radius 3 is 2.18 bits per heavy atom. The molecular weight excluding hydrogens is 238 g/mol. The molecule has 98 valence electrons. The highest BCUT2D eigenvalue weighted by Gasteiger charge is 2.66. The number of likely N-dealkylation sites (N-methyl/N-ethyl adjacent to an activating group) is 1. The summed E-state index contributed by atoms with van der Waals surface area (Å²) in [5, 5.41) is 0. The van der Waals surface area contributed by atoms with Crippen molar-refractivity contribution in [3.8, 4) is 0 Å². The zero-order chi connectivity index (χ0) is 12.9. The second-order valence-electron chi connectivity index (χ2n) is 5.06. The van der Waals surface area contributed by atoms with Gasteiger partial charge in [-0.05, 0) is 31.7 Å². The van der Waals surface area contributed by atoms with Crippen molar-refractivity contribution in [2.45, 2.75) is 25.8 Å². The van der Waals surface area contributed by atoms with Gasteiger partial charge in [-0.3, -0.25) is 9.69 Å². The van der Waals surface area contributed by atoms with E-state index >= 15 is 0 Å². The highest BCUT2D eigenvalue weighted by Crippen LogP contribution is 2.60. The standard InChI is InChI=1S/C11H15F4NO/c1-4(17)9-7-5(3-16(9)2)6(7)8(10(12)13)11(14)15/h5-11H,3H2,1-2H3/t5-,6?,7-,9-/m1/s1. The molecule has 1 unspecified atom stereocenters. The maximum atomic E-state index is 12.6. The van der Waals surface area contributed by atoms with Gasteiger partial charge in [0, 0.05) is 6.54 Å². The highest BCUT2D eigenvalue weighted by atomic mass is 19.3. The number of piperidine rings is 1. The van der Waals surface area contributed by atoms with E-state index in [9.17, 15) is 22.4 Å². The molecule has 0 radical (unpaired) electrons. The number of carbonyl (C=O) groups is 1. The number of carbonyl (C=O) groups excluding carboxylic acids is 1. The lowest BCUT2D eigenvalue weighted by Gasteiger charge is -2.25. The number of rotatable bonds is 4. The lowest BCUT2D eigenvalue weighted by Crippen LogP contribution is -2.39. The lowest BCUT2D eigenvalue weighted by molar-refractivity contribution is -0.122. The first-order valence-electron chi connectivity index (χ1n) is 5.63. The molecule has 4 atom stereocenters. The molecule has 1 heterocycles. The van der Waals surface area contributed by atoms with Crippen LogP contribution in [0.1, 0.15) is 6.92 Å². The topological polar surface area (TPSA) is 20.3 Å². The molecular formula is C11H15F4NO. The smallest absolute Gasteiger partial charge is 0.247 e. The predicted octanol–water partition coefficient (Wildman–Crippen LogP) is 1.90. The van der Waals surface area contributed by atoms with E-state index in [0.717, 1.165) is 0 Å². The molecule has 2 aliphatic rings. The van der Waals surface area contributed by atoms with Crippen molar-refractivity contribution in [2.24, 2.45) is 23.7 Å². The van der Waals surface area contributed by atoms with E-state index in [4.69, 9.17) is 0 Å². The van der Waals surface area contributed by atoms with Gasteiger partial charge in [-0.25, -0.2) is 17.6 Å². The minimum absolute atomic E-state index is 0.121. The summed E-state index contributed by atoms with van der Waals surface area (Å²) in [5.41, 5.74) is 0. The molecule has 0 aromatic heterocycles. The molecule has 1 saturated carbocycles. The molecule has 0 bridgehead atoms. The van der Waals surface area contributed by atoms with Crippen LogP contribution in [0.4, 0.5) is 17.6 Å². The van der Waals surface area contributed by atoms with Crippen LogP contribution in [0, 0.1) is 23.7 Å². The quantitative estimate of drug-likeness (QED) is 0.713. The second-order valence-corrected chi connectivity index (χ2v) is 5.06. The Kier molecular flexibility index (Phi) is 3.18. The van der Waals surface area contributed by atoms with Gasteiger partial charge >= 0.3 is 0 Å². The van der Waals surface area contributed by atoms with Crippen LogP contribution in [0.25, 0.3) is 0 Å². The molecule has 1 aliphatic heterocycles. The Labute approximate surface area is 97.0 Å². The molecule has 0 N–H and O–H groups in total. The van der Waals surface area contributed by atoms with E-state index in [1.165, 1.54) is 6.92 Å². The molecule has 6 heteroatoms. The first kappa shape index (κ1) is 12.8. The monoisotopic (exact) mass is 253 g/mol. The van der Waals surface area contributed by atoms with Crippen LogP contribution in [-0.4, -0.2) is 43.2 Å². The Morgan fingerprint density at radius 2 is 1.76 bits per heavy atom. The van der Waals surface area contributed by atoms with E-state index in [2.05, 4.69) is 0 Å². The zero-order valence-corrected chi connectivity index (χ0v) is 9.62. The third kappa shape index (κ3) is 1.96. The van der Waals surface area contributed by atoms with Gasteiger partial charge in [0.1, 0.15) is 5.78 Å². The van der Waals surface area contributed by atoms with Crippen LogP contribution in [0.3, 0.4) is 0 Å². The minimum atomic E-state index is -3.01. The van der Waals surface area contributed by atoms with E-state index in [-0.39, 0.29) is 17.6 Å². The minimum Gasteiger partial charge on any atom is -0.298 e. The number of fused-ring (bicyclic) bond motifs is 1. The van der Waals surface area contributed by atoms with Crippen molar-refractivity contribution in [1.29, 1.82) is 0 Å². The molecule has 0 aromatic carbocycles. The number of halogens is 4. The van der Waals surface area contributed by atoms with Gasteiger partial charge in [0.2, 0.25) is 12.9 Å². The third-order valence-corrected chi connectivity index (χ3v) is 4.07. The molecule has 2 nitrogen and oxygen atoms in total. The van der Waals surface area contributed by atoms with E-state index in [0.29, 0.717) is 6.54 Å². The van der Waals surface area contributed by atoms with Crippen molar-refractivity contribution in [3.63, 3.8) is 0 Å². The fourth-order valence-electron chi connectivity index (χ4n) is 3.43. The van der Waals surface area contributed by atoms with Crippen LogP contribution < -0.4 is 0 Å². The lowest BCUT2D eigenvalue weighted by atomic mass is 9.97. The summed E-state index contributed by atoms with van der Waals surface area (Å²) in [6.45, 7) is 1.86. The fourth-order valence-corrected chi connectivity index (χ4v) is 3.43. The van der Waals surface area contributed by atoms with Gasteiger partial charge in [-0.1, -0.05) is 0 Å². The maximum absolute atomic E-state index is 12.6. The third-order valence-electron chi connectivity index (χ3n) is 4.07. The first-order chi connectivity index (χ1) is 7.86. The summed E-state index contributed by atoms with van der Waals surface area (Å²) < 4.78 is 50.4. The van der Waals surface area contributed by atoms with Crippen LogP contribution in [0.2, 0.25) is 0 Å². The zero-order valence-electron chi connectivity index (χ0n) is 9.62. The number of Topliss-reactive ketones (excluding diaryl/α,β-unsaturated/α-hetero) is 1. The number of ketones is 1. The number of hydrogen-bond acceptors (Lipinski definition) is 2. The van der Waals surface area contributed by atoms with Crippen molar-refractivity contribution in [3.05, 3.63) is 0 Å². The summed E-state index contributed by atoms with van der Waals surface area (Å²) in [6, 6.07) is -0.454. The summed E-state index contributed by atoms with van der Waals surface area (Å²) in [6.07, 6.45) is -6.02. The van der Waals surface area contributed by atoms with Gasteiger partial charge in [0.05, 0.1) is 12.0 Å². The Hall–Kier alpha value is -0.650. The van der Waals surface area contributed by atoms with E-state index in [1.807, 2.05) is 0 Å². The summed E-state index contributed by atoms with van der Waals surface area (Å²) in [7, 11) is 1.73. The van der Waals surface area contributed by atoms with Crippen molar-refractivity contribution in [2.75, 3.05) is 13.6 Å². The van der Waals surface area contributed by atoms with Crippen molar-refractivity contribution >= 4 is 5.78 Å². The Bertz CT molecular complexity index is 315. The second kappa shape index (κ2) is 4.23. The molecule has 0 spiro atoms. The highest BCUT2D eigenvalue weighted by molar-refractivity contribution is 5.83. The number of alkyl halides is 4. The van der Waals surface area contributed by atoms with Gasteiger partial charge in [-0.15, -0.1) is 0 Å². The predicted molar refractivity (Wildman–Crippen MR) is 53.1 cm³/mol.